The van der Waals surface area contributed by atoms with Gasteiger partial charge in [0.1, 0.15) is 0 Å². The molecular formula is C21H21N5O. The zero-order chi connectivity index (χ0) is 18.6. The minimum atomic E-state index is 0.476. The van der Waals surface area contributed by atoms with Gasteiger partial charge in [-0.3, -0.25) is 0 Å². The lowest BCUT2D eigenvalue weighted by Gasteiger charge is -2.13. The Morgan fingerprint density at radius 1 is 1.04 bits per heavy atom. The Morgan fingerprint density at radius 3 is 2.67 bits per heavy atom. The van der Waals surface area contributed by atoms with Crippen LogP contribution in [0.15, 0.2) is 53.2 Å². The van der Waals surface area contributed by atoms with Crippen LogP contribution < -0.4 is 5.32 Å². The van der Waals surface area contributed by atoms with E-state index in [-0.39, 0.29) is 0 Å². The zero-order valence-corrected chi connectivity index (χ0v) is 15.4. The van der Waals surface area contributed by atoms with Gasteiger partial charge in [0.25, 0.3) is 5.89 Å². The predicted molar refractivity (Wildman–Crippen MR) is 106 cm³/mol. The second-order valence-corrected chi connectivity index (χ2v) is 6.40. The van der Waals surface area contributed by atoms with E-state index in [2.05, 4.69) is 49.7 Å². The largest absolute Gasteiger partial charge is 0.383 e. The molecule has 0 unspecified atom stereocenters. The van der Waals surface area contributed by atoms with E-state index >= 15 is 0 Å². The van der Waals surface area contributed by atoms with E-state index in [0.29, 0.717) is 17.4 Å². The fourth-order valence-electron chi connectivity index (χ4n) is 3.01. The molecule has 27 heavy (non-hydrogen) atoms. The van der Waals surface area contributed by atoms with Crippen molar-refractivity contribution in [2.24, 2.45) is 0 Å². The van der Waals surface area contributed by atoms with Crippen LogP contribution in [0.1, 0.15) is 24.0 Å². The third-order valence-corrected chi connectivity index (χ3v) is 4.44. The number of hydrogen-bond donors (Lipinski definition) is 1. The number of aryl methyl sites for hydroxylation is 2. The summed E-state index contributed by atoms with van der Waals surface area (Å²) < 4.78 is 5.46. The van der Waals surface area contributed by atoms with Gasteiger partial charge in [0.05, 0.1) is 11.3 Å². The smallest absolute Gasteiger partial charge is 0.261 e. The standard InChI is InChI=1S/C21H21N5O/c1-3-18-25-21(27-26-18)17-13-23-20-16(10-9-14(2)24-20)19(17)22-12-11-15-7-5-4-6-8-15/h4-10,13H,3,11-12H2,1-2H3,(H,22,23,24). The maximum atomic E-state index is 5.46. The van der Waals surface area contributed by atoms with Gasteiger partial charge < -0.3 is 9.84 Å². The Hall–Kier alpha value is -3.28. The average Bonchev–Trinajstić information content (AvgIpc) is 3.17. The summed E-state index contributed by atoms with van der Waals surface area (Å²) in [6.07, 6.45) is 3.39. The van der Waals surface area contributed by atoms with Crippen LogP contribution in [0.5, 0.6) is 0 Å². The van der Waals surface area contributed by atoms with Gasteiger partial charge in [-0.1, -0.05) is 42.4 Å². The third-order valence-electron chi connectivity index (χ3n) is 4.44. The average molecular weight is 359 g/mol. The first kappa shape index (κ1) is 17.1. The van der Waals surface area contributed by atoms with Crippen molar-refractivity contribution in [2.75, 3.05) is 11.9 Å². The summed E-state index contributed by atoms with van der Waals surface area (Å²) in [6, 6.07) is 14.4. The Bertz CT molecular complexity index is 1060. The van der Waals surface area contributed by atoms with E-state index in [0.717, 1.165) is 41.7 Å². The summed E-state index contributed by atoms with van der Waals surface area (Å²) in [4.78, 5) is 13.5. The van der Waals surface area contributed by atoms with Crippen molar-refractivity contribution in [1.29, 1.82) is 0 Å². The van der Waals surface area contributed by atoms with Crippen LogP contribution in [0.25, 0.3) is 22.5 Å². The molecule has 6 heteroatoms. The van der Waals surface area contributed by atoms with Crippen LogP contribution in [-0.2, 0) is 12.8 Å². The highest BCUT2D eigenvalue weighted by atomic mass is 16.5. The Kier molecular flexibility index (Phi) is 4.78. The molecule has 3 aromatic heterocycles. The Morgan fingerprint density at radius 2 is 1.89 bits per heavy atom. The van der Waals surface area contributed by atoms with Crippen molar-refractivity contribution >= 4 is 16.7 Å². The van der Waals surface area contributed by atoms with Crippen LogP contribution in [-0.4, -0.2) is 26.7 Å². The molecule has 0 amide bonds. The monoisotopic (exact) mass is 359 g/mol. The fourth-order valence-corrected chi connectivity index (χ4v) is 3.01. The van der Waals surface area contributed by atoms with Crippen molar-refractivity contribution in [3.05, 3.63) is 65.7 Å². The van der Waals surface area contributed by atoms with Crippen LogP contribution in [0.4, 0.5) is 5.69 Å². The van der Waals surface area contributed by atoms with Gasteiger partial charge in [-0.05, 0) is 31.0 Å². The van der Waals surface area contributed by atoms with Crippen LogP contribution >= 0.6 is 0 Å². The summed E-state index contributed by atoms with van der Waals surface area (Å²) in [5.41, 5.74) is 4.65. The molecule has 136 valence electrons. The van der Waals surface area contributed by atoms with Gasteiger partial charge in [0.15, 0.2) is 11.5 Å². The SMILES string of the molecule is CCc1noc(-c2cnc3nc(C)ccc3c2NCCc2ccccc2)n1. The van der Waals surface area contributed by atoms with E-state index in [1.165, 1.54) is 5.56 Å². The molecule has 1 aromatic carbocycles. The van der Waals surface area contributed by atoms with Crippen LogP contribution in [0, 0.1) is 6.92 Å². The van der Waals surface area contributed by atoms with Gasteiger partial charge in [0, 0.05) is 30.2 Å². The number of pyridine rings is 2. The molecule has 0 saturated carbocycles. The molecule has 3 heterocycles. The molecule has 0 bridgehead atoms. The molecule has 6 nitrogen and oxygen atoms in total. The summed E-state index contributed by atoms with van der Waals surface area (Å²) in [5, 5.41) is 8.51. The minimum Gasteiger partial charge on any atom is -0.383 e. The topological polar surface area (TPSA) is 76.7 Å². The molecule has 0 aliphatic rings. The van der Waals surface area contributed by atoms with Crippen LogP contribution in [0.2, 0.25) is 0 Å². The fraction of sp³-hybridized carbons (Fsp3) is 0.238. The quantitative estimate of drug-likeness (QED) is 0.556. The van der Waals surface area contributed by atoms with E-state index in [4.69, 9.17) is 4.52 Å². The zero-order valence-electron chi connectivity index (χ0n) is 15.4. The third kappa shape index (κ3) is 3.65. The number of nitrogens with one attached hydrogen (secondary N) is 1. The first-order valence-corrected chi connectivity index (χ1v) is 9.11. The van der Waals surface area contributed by atoms with Gasteiger partial charge in [-0.2, -0.15) is 4.98 Å². The molecule has 0 radical (unpaired) electrons. The lowest BCUT2D eigenvalue weighted by Crippen LogP contribution is -2.07. The first-order valence-electron chi connectivity index (χ1n) is 9.11. The lowest BCUT2D eigenvalue weighted by molar-refractivity contribution is 0.423. The second-order valence-electron chi connectivity index (χ2n) is 6.40. The van der Waals surface area contributed by atoms with Gasteiger partial charge >= 0.3 is 0 Å². The molecule has 0 fully saturated rings. The lowest BCUT2D eigenvalue weighted by atomic mass is 10.1. The minimum absolute atomic E-state index is 0.476. The van der Waals surface area contributed by atoms with E-state index in [1.54, 1.807) is 6.20 Å². The molecule has 4 aromatic rings. The van der Waals surface area contributed by atoms with Gasteiger partial charge in [0.2, 0.25) is 0 Å². The molecule has 4 rings (SSSR count). The molecule has 0 saturated heterocycles. The second kappa shape index (κ2) is 7.53. The summed E-state index contributed by atoms with van der Waals surface area (Å²) >= 11 is 0. The molecule has 0 spiro atoms. The summed E-state index contributed by atoms with van der Waals surface area (Å²) in [6.45, 7) is 4.74. The normalized spacial score (nSPS) is 11.0. The molecular weight excluding hydrogens is 338 g/mol. The van der Waals surface area contributed by atoms with Crippen molar-refractivity contribution < 1.29 is 4.52 Å². The van der Waals surface area contributed by atoms with Crippen molar-refractivity contribution in [2.45, 2.75) is 26.7 Å². The molecule has 1 N–H and O–H groups in total. The number of fused-ring (bicyclic) bond motifs is 1. The molecule has 0 aliphatic heterocycles. The predicted octanol–water partition coefficient (Wildman–Crippen LogP) is 4.21. The maximum Gasteiger partial charge on any atom is 0.261 e. The van der Waals surface area contributed by atoms with Gasteiger partial charge in [-0.25, -0.2) is 9.97 Å². The number of benzene rings is 1. The molecule has 0 aliphatic carbocycles. The van der Waals surface area contributed by atoms with Crippen molar-refractivity contribution in [3.8, 4) is 11.5 Å². The highest BCUT2D eigenvalue weighted by molar-refractivity contribution is 5.96. The number of hydrogen-bond acceptors (Lipinski definition) is 6. The summed E-state index contributed by atoms with van der Waals surface area (Å²) in [7, 11) is 0. The molecule has 0 atom stereocenters. The van der Waals surface area contributed by atoms with E-state index < -0.39 is 0 Å². The Labute approximate surface area is 157 Å². The summed E-state index contributed by atoms with van der Waals surface area (Å²) in [5.74, 6) is 1.16. The van der Waals surface area contributed by atoms with Crippen molar-refractivity contribution in [1.82, 2.24) is 20.1 Å². The number of rotatable bonds is 6. The highest BCUT2D eigenvalue weighted by Crippen LogP contribution is 2.32. The first-order chi connectivity index (χ1) is 13.2. The van der Waals surface area contributed by atoms with Gasteiger partial charge in [-0.15, -0.1) is 0 Å². The Balaban J connectivity index is 1.71. The highest BCUT2D eigenvalue weighted by Gasteiger charge is 2.17. The number of nitrogens with zero attached hydrogens (tertiary/aromatic N) is 4. The maximum absolute atomic E-state index is 5.46. The van der Waals surface area contributed by atoms with E-state index in [9.17, 15) is 0 Å². The number of anilines is 1. The van der Waals surface area contributed by atoms with E-state index in [1.807, 2.05) is 32.0 Å². The van der Waals surface area contributed by atoms with Crippen LogP contribution in [0.3, 0.4) is 0 Å². The van der Waals surface area contributed by atoms with Crippen molar-refractivity contribution in [3.63, 3.8) is 0 Å². The number of aromatic nitrogens is 4.